The van der Waals surface area contributed by atoms with E-state index in [0.717, 1.165) is 4.90 Å². The number of hydrogen-bond donors (Lipinski definition) is 2. The molecule has 3 amide bonds. The Morgan fingerprint density at radius 1 is 1.41 bits per heavy atom. The van der Waals surface area contributed by atoms with E-state index in [1.54, 1.807) is 6.07 Å². The van der Waals surface area contributed by atoms with Gasteiger partial charge in [-0.2, -0.15) is 0 Å². The molecule has 2 N–H and O–H groups in total. The molecule has 0 aromatic heterocycles. The van der Waals surface area contributed by atoms with Crippen LogP contribution in [0.4, 0.5) is 10.5 Å². The molecular weight excluding hydrogens is 292 g/mol. The van der Waals surface area contributed by atoms with Crippen LogP contribution in [0, 0.1) is 0 Å². The number of para-hydroxylation sites is 1. The quantitative estimate of drug-likeness (QED) is 0.803. The standard InChI is InChI=1S/C10H7BrN2O4/c11-6-3-1-2-5(9(15)16)8(6)13-7(14)4-12-10(13)17/h1-3H,4H2,(H,12,17)(H,15,16). The number of carbonyl (C=O) groups excluding carboxylic acids is 2. The summed E-state index contributed by atoms with van der Waals surface area (Å²) in [7, 11) is 0. The second-order valence-corrected chi connectivity index (χ2v) is 4.18. The average molecular weight is 299 g/mol. The van der Waals surface area contributed by atoms with Crippen molar-refractivity contribution in [1.82, 2.24) is 5.32 Å². The number of carbonyl (C=O) groups is 3. The molecule has 6 nitrogen and oxygen atoms in total. The number of amides is 3. The number of anilines is 1. The molecule has 0 bridgehead atoms. The molecule has 1 heterocycles. The van der Waals surface area contributed by atoms with Gasteiger partial charge in [-0.15, -0.1) is 0 Å². The van der Waals surface area contributed by atoms with E-state index in [-0.39, 0.29) is 17.8 Å². The summed E-state index contributed by atoms with van der Waals surface area (Å²) >= 11 is 3.14. The third kappa shape index (κ3) is 1.89. The largest absolute Gasteiger partial charge is 0.478 e. The lowest BCUT2D eigenvalue weighted by Gasteiger charge is -2.16. The Morgan fingerprint density at radius 3 is 2.65 bits per heavy atom. The molecule has 0 radical (unpaired) electrons. The minimum absolute atomic E-state index is 0.0556. The maximum Gasteiger partial charge on any atom is 0.337 e. The van der Waals surface area contributed by atoms with Gasteiger partial charge in [0.15, 0.2) is 0 Å². The minimum atomic E-state index is -1.20. The van der Waals surface area contributed by atoms with Gasteiger partial charge in [0.05, 0.1) is 17.8 Å². The molecule has 1 aliphatic heterocycles. The first-order valence-electron chi connectivity index (χ1n) is 4.65. The highest BCUT2D eigenvalue weighted by molar-refractivity contribution is 9.10. The Kier molecular flexibility index (Phi) is 2.84. The molecule has 2 rings (SSSR count). The zero-order valence-corrected chi connectivity index (χ0v) is 10.0. The Bertz CT molecular complexity index is 513. The summed E-state index contributed by atoms with van der Waals surface area (Å²) in [6, 6.07) is 3.81. The van der Waals surface area contributed by atoms with Crippen molar-refractivity contribution in [3.8, 4) is 0 Å². The van der Waals surface area contributed by atoms with Crippen LogP contribution in [0.3, 0.4) is 0 Å². The van der Waals surface area contributed by atoms with E-state index in [1.165, 1.54) is 12.1 Å². The highest BCUT2D eigenvalue weighted by Gasteiger charge is 2.34. The Hall–Kier alpha value is -1.89. The number of imide groups is 1. The van der Waals surface area contributed by atoms with Gasteiger partial charge in [-0.1, -0.05) is 6.07 Å². The Labute approximate surface area is 104 Å². The van der Waals surface area contributed by atoms with Crippen LogP contribution in [0.2, 0.25) is 0 Å². The van der Waals surface area contributed by atoms with Gasteiger partial charge in [-0.05, 0) is 28.1 Å². The number of carboxylic acids is 1. The molecule has 0 atom stereocenters. The van der Waals surface area contributed by atoms with E-state index in [1.807, 2.05) is 0 Å². The molecule has 0 saturated carbocycles. The maximum atomic E-state index is 11.5. The maximum absolute atomic E-state index is 11.5. The lowest BCUT2D eigenvalue weighted by molar-refractivity contribution is -0.115. The molecule has 0 spiro atoms. The van der Waals surface area contributed by atoms with E-state index in [4.69, 9.17) is 5.11 Å². The molecule has 1 fully saturated rings. The highest BCUT2D eigenvalue weighted by Crippen LogP contribution is 2.31. The number of urea groups is 1. The summed E-state index contributed by atoms with van der Waals surface area (Å²) in [6.07, 6.45) is 0. The third-order valence-electron chi connectivity index (χ3n) is 2.28. The number of nitrogens with zero attached hydrogens (tertiary/aromatic N) is 1. The average Bonchev–Trinajstić information content (AvgIpc) is 2.59. The van der Waals surface area contributed by atoms with Crippen molar-refractivity contribution in [3.63, 3.8) is 0 Å². The van der Waals surface area contributed by atoms with Crippen molar-refractivity contribution in [2.24, 2.45) is 0 Å². The van der Waals surface area contributed by atoms with Gasteiger partial charge in [-0.3, -0.25) is 4.79 Å². The molecule has 1 aromatic carbocycles. The van der Waals surface area contributed by atoms with Crippen molar-refractivity contribution in [3.05, 3.63) is 28.2 Å². The Balaban J connectivity index is 2.61. The molecule has 1 saturated heterocycles. The lowest BCUT2D eigenvalue weighted by Crippen LogP contribution is -2.32. The fourth-order valence-corrected chi connectivity index (χ4v) is 2.11. The number of nitrogens with one attached hydrogen (secondary N) is 1. The molecule has 1 aliphatic rings. The van der Waals surface area contributed by atoms with Crippen LogP contribution in [-0.4, -0.2) is 29.6 Å². The van der Waals surface area contributed by atoms with E-state index in [0.29, 0.717) is 4.47 Å². The monoisotopic (exact) mass is 298 g/mol. The van der Waals surface area contributed by atoms with Gasteiger partial charge in [0, 0.05) is 4.47 Å². The number of halogens is 1. The van der Waals surface area contributed by atoms with Crippen molar-refractivity contribution >= 4 is 39.5 Å². The topological polar surface area (TPSA) is 86.7 Å². The molecular formula is C10H7BrN2O4. The normalized spacial score (nSPS) is 15.0. The zero-order chi connectivity index (χ0) is 12.6. The minimum Gasteiger partial charge on any atom is -0.478 e. The first kappa shape index (κ1) is 11.6. The second kappa shape index (κ2) is 4.17. The van der Waals surface area contributed by atoms with Crippen molar-refractivity contribution in [2.75, 3.05) is 11.4 Å². The fraction of sp³-hybridized carbons (Fsp3) is 0.100. The molecule has 88 valence electrons. The third-order valence-corrected chi connectivity index (χ3v) is 2.92. The van der Waals surface area contributed by atoms with Crippen molar-refractivity contribution < 1.29 is 19.5 Å². The zero-order valence-electron chi connectivity index (χ0n) is 8.44. The predicted molar refractivity (Wildman–Crippen MR) is 62.0 cm³/mol. The first-order chi connectivity index (χ1) is 8.02. The van der Waals surface area contributed by atoms with Gasteiger partial charge in [0.25, 0.3) is 5.91 Å². The molecule has 0 aliphatic carbocycles. The van der Waals surface area contributed by atoms with Gasteiger partial charge >= 0.3 is 12.0 Å². The van der Waals surface area contributed by atoms with E-state index in [2.05, 4.69) is 21.2 Å². The van der Waals surface area contributed by atoms with Crippen LogP contribution in [0.15, 0.2) is 22.7 Å². The second-order valence-electron chi connectivity index (χ2n) is 3.33. The Morgan fingerprint density at radius 2 is 2.12 bits per heavy atom. The van der Waals surface area contributed by atoms with E-state index < -0.39 is 17.9 Å². The number of rotatable bonds is 2. The van der Waals surface area contributed by atoms with E-state index in [9.17, 15) is 14.4 Å². The van der Waals surface area contributed by atoms with Crippen LogP contribution in [0.5, 0.6) is 0 Å². The van der Waals surface area contributed by atoms with Gasteiger partial charge in [0.1, 0.15) is 0 Å². The number of carboxylic acid groups (broad SMARTS) is 1. The lowest BCUT2D eigenvalue weighted by atomic mass is 10.1. The molecule has 0 unspecified atom stereocenters. The van der Waals surface area contributed by atoms with Crippen LogP contribution in [0.1, 0.15) is 10.4 Å². The smallest absolute Gasteiger partial charge is 0.337 e. The van der Waals surface area contributed by atoms with E-state index >= 15 is 0 Å². The summed E-state index contributed by atoms with van der Waals surface area (Å²) in [5, 5.41) is 11.4. The van der Waals surface area contributed by atoms with Gasteiger partial charge in [-0.25, -0.2) is 14.5 Å². The van der Waals surface area contributed by atoms with Gasteiger partial charge in [0.2, 0.25) is 0 Å². The molecule has 1 aromatic rings. The number of benzene rings is 1. The summed E-state index contributed by atoms with van der Waals surface area (Å²) in [4.78, 5) is 34.9. The van der Waals surface area contributed by atoms with Crippen molar-refractivity contribution in [2.45, 2.75) is 0 Å². The SMILES string of the molecule is O=C(O)c1cccc(Br)c1N1C(=O)CNC1=O. The summed E-state index contributed by atoms with van der Waals surface area (Å²) in [5.74, 6) is -1.68. The first-order valence-corrected chi connectivity index (χ1v) is 5.44. The predicted octanol–water partition coefficient (Wildman–Crippen LogP) is 1.20. The van der Waals surface area contributed by atoms with Gasteiger partial charge < -0.3 is 10.4 Å². The summed E-state index contributed by atoms with van der Waals surface area (Å²) < 4.78 is 0.378. The van der Waals surface area contributed by atoms with Crippen molar-refractivity contribution in [1.29, 1.82) is 0 Å². The summed E-state index contributed by atoms with van der Waals surface area (Å²) in [6.45, 7) is -0.126. The summed E-state index contributed by atoms with van der Waals surface area (Å²) in [5.41, 5.74) is -0.0511. The van der Waals surface area contributed by atoms with Crippen LogP contribution in [-0.2, 0) is 4.79 Å². The van der Waals surface area contributed by atoms with Crippen LogP contribution < -0.4 is 10.2 Å². The fourth-order valence-electron chi connectivity index (χ4n) is 1.56. The number of aromatic carboxylic acids is 1. The molecule has 17 heavy (non-hydrogen) atoms. The van der Waals surface area contributed by atoms with Crippen LogP contribution >= 0.6 is 15.9 Å². The number of hydrogen-bond acceptors (Lipinski definition) is 3. The highest BCUT2D eigenvalue weighted by atomic mass is 79.9. The van der Waals surface area contributed by atoms with Crippen LogP contribution in [0.25, 0.3) is 0 Å². The molecule has 7 heteroatoms.